The second-order valence-corrected chi connectivity index (χ2v) is 4.30. The van der Waals surface area contributed by atoms with E-state index in [1.807, 2.05) is 12.1 Å². The molecule has 1 N–H and O–H groups in total. The van der Waals surface area contributed by atoms with E-state index in [-0.39, 0.29) is 6.61 Å². The summed E-state index contributed by atoms with van der Waals surface area (Å²) in [5.74, 6) is 0.944. The van der Waals surface area contributed by atoms with E-state index in [1.54, 1.807) is 0 Å². The number of aliphatic hydroxyl groups excluding tert-OH is 1. The van der Waals surface area contributed by atoms with Crippen molar-refractivity contribution in [3.63, 3.8) is 0 Å². The Kier molecular flexibility index (Phi) is 4.10. The van der Waals surface area contributed by atoms with Crippen LogP contribution in [-0.4, -0.2) is 28.4 Å². The Morgan fingerprint density at radius 2 is 1.69 bits per heavy atom. The Hall–Kier alpha value is -1.16. The van der Waals surface area contributed by atoms with Crippen LogP contribution >= 0.6 is 0 Å². The van der Waals surface area contributed by atoms with Gasteiger partial charge in [0.2, 0.25) is 0 Å². The fraction of sp³-hybridized carbons (Fsp3) is 0.667. The topological polar surface area (TPSA) is 49.2 Å². The summed E-state index contributed by atoms with van der Waals surface area (Å²) in [6.45, 7) is 2.12. The molecule has 1 fully saturated rings. The van der Waals surface area contributed by atoms with Crippen molar-refractivity contribution in [2.45, 2.75) is 38.7 Å². The number of aliphatic hydroxyl groups is 1. The molecular formula is C12H19N3O. The molecule has 0 radical (unpaired) electrons. The van der Waals surface area contributed by atoms with E-state index in [4.69, 9.17) is 5.11 Å². The molecule has 88 valence electrons. The minimum Gasteiger partial charge on any atom is -0.390 e. The van der Waals surface area contributed by atoms with Crippen LogP contribution in [0, 0.1) is 0 Å². The smallest absolute Gasteiger partial charge is 0.151 e. The van der Waals surface area contributed by atoms with Crippen molar-refractivity contribution < 1.29 is 5.11 Å². The number of hydrogen-bond acceptors (Lipinski definition) is 4. The Morgan fingerprint density at radius 3 is 2.25 bits per heavy atom. The Labute approximate surface area is 96.3 Å². The molecule has 1 aliphatic heterocycles. The molecule has 0 saturated carbocycles. The SMILES string of the molecule is OCc1ccc(N2CCCCCCC2)nn1. The summed E-state index contributed by atoms with van der Waals surface area (Å²) < 4.78 is 0. The molecule has 1 aromatic heterocycles. The summed E-state index contributed by atoms with van der Waals surface area (Å²) in [5.41, 5.74) is 0.635. The van der Waals surface area contributed by atoms with Crippen molar-refractivity contribution in [2.24, 2.45) is 0 Å². The third-order valence-corrected chi connectivity index (χ3v) is 3.05. The van der Waals surface area contributed by atoms with Gasteiger partial charge in [-0.15, -0.1) is 5.10 Å². The fourth-order valence-corrected chi connectivity index (χ4v) is 2.08. The summed E-state index contributed by atoms with van der Waals surface area (Å²) in [7, 11) is 0. The minimum atomic E-state index is -0.0344. The molecule has 0 amide bonds. The summed E-state index contributed by atoms with van der Waals surface area (Å²) in [6, 6.07) is 3.81. The lowest BCUT2D eigenvalue weighted by Gasteiger charge is -2.25. The van der Waals surface area contributed by atoms with Crippen LogP contribution in [0.15, 0.2) is 12.1 Å². The second-order valence-electron chi connectivity index (χ2n) is 4.30. The van der Waals surface area contributed by atoms with Crippen LogP contribution in [0.1, 0.15) is 37.8 Å². The summed E-state index contributed by atoms with van der Waals surface area (Å²) in [6.07, 6.45) is 6.48. The van der Waals surface area contributed by atoms with Crippen LogP contribution < -0.4 is 4.90 Å². The van der Waals surface area contributed by atoms with Crippen molar-refractivity contribution in [3.8, 4) is 0 Å². The van der Waals surface area contributed by atoms with Crippen molar-refractivity contribution in [1.82, 2.24) is 10.2 Å². The second kappa shape index (κ2) is 5.80. The number of hydrogen-bond donors (Lipinski definition) is 1. The molecule has 16 heavy (non-hydrogen) atoms. The van der Waals surface area contributed by atoms with Gasteiger partial charge in [-0.3, -0.25) is 0 Å². The summed E-state index contributed by atoms with van der Waals surface area (Å²) in [4.78, 5) is 2.30. The van der Waals surface area contributed by atoms with Crippen LogP contribution in [0.4, 0.5) is 5.82 Å². The number of nitrogens with zero attached hydrogens (tertiary/aromatic N) is 3. The highest BCUT2D eigenvalue weighted by atomic mass is 16.3. The van der Waals surface area contributed by atoms with Crippen molar-refractivity contribution in [2.75, 3.05) is 18.0 Å². The lowest BCUT2D eigenvalue weighted by Crippen LogP contribution is -2.28. The van der Waals surface area contributed by atoms with Gasteiger partial charge in [0.1, 0.15) is 0 Å². The standard InChI is InChI=1S/C12H19N3O/c16-10-11-6-7-12(14-13-11)15-8-4-2-1-3-5-9-15/h6-7,16H,1-5,8-10H2. The molecule has 0 aliphatic carbocycles. The van der Waals surface area contributed by atoms with Crippen LogP contribution in [0.25, 0.3) is 0 Å². The first-order valence-electron chi connectivity index (χ1n) is 6.08. The molecule has 2 rings (SSSR count). The highest BCUT2D eigenvalue weighted by Crippen LogP contribution is 2.16. The van der Waals surface area contributed by atoms with Gasteiger partial charge in [-0.2, -0.15) is 5.10 Å². The predicted molar refractivity (Wildman–Crippen MR) is 63.3 cm³/mol. The minimum absolute atomic E-state index is 0.0344. The van der Waals surface area contributed by atoms with Crippen LogP contribution in [0.3, 0.4) is 0 Å². The van der Waals surface area contributed by atoms with Gasteiger partial charge in [0.25, 0.3) is 0 Å². The molecule has 0 unspecified atom stereocenters. The summed E-state index contributed by atoms with van der Waals surface area (Å²) in [5, 5.41) is 17.1. The normalized spacial score (nSPS) is 17.9. The van der Waals surface area contributed by atoms with E-state index < -0.39 is 0 Å². The van der Waals surface area contributed by atoms with Gasteiger partial charge in [0.15, 0.2) is 5.82 Å². The third kappa shape index (κ3) is 2.92. The fourth-order valence-electron chi connectivity index (χ4n) is 2.08. The molecule has 4 heteroatoms. The Morgan fingerprint density at radius 1 is 1.00 bits per heavy atom. The van der Waals surface area contributed by atoms with Gasteiger partial charge in [0, 0.05) is 13.1 Å². The maximum absolute atomic E-state index is 8.90. The zero-order chi connectivity index (χ0) is 11.2. The molecule has 0 bridgehead atoms. The predicted octanol–water partition coefficient (Wildman–Crippen LogP) is 1.74. The number of rotatable bonds is 2. The molecule has 1 saturated heterocycles. The number of anilines is 1. The monoisotopic (exact) mass is 221 g/mol. The lowest BCUT2D eigenvalue weighted by molar-refractivity contribution is 0.275. The van der Waals surface area contributed by atoms with Gasteiger partial charge in [-0.25, -0.2) is 0 Å². The van der Waals surface area contributed by atoms with E-state index in [1.165, 1.54) is 32.1 Å². The molecule has 0 atom stereocenters. The quantitative estimate of drug-likeness (QED) is 0.826. The van der Waals surface area contributed by atoms with Gasteiger partial charge in [-0.1, -0.05) is 19.3 Å². The first-order chi connectivity index (χ1) is 7.90. The van der Waals surface area contributed by atoms with Gasteiger partial charge >= 0.3 is 0 Å². The lowest BCUT2D eigenvalue weighted by atomic mass is 10.1. The molecule has 0 aromatic carbocycles. The molecule has 1 aromatic rings. The zero-order valence-corrected chi connectivity index (χ0v) is 9.60. The largest absolute Gasteiger partial charge is 0.390 e. The average Bonchev–Trinajstić information content (AvgIpc) is 2.29. The molecule has 2 heterocycles. The first kappa shape index (κ1) is 11.3. The average molecular weight is 221 g/mol. The van der Waals surface area contributed by atoms with Gasteiger partial charge < -0.3 is 10.0 Å². The molecular weight excluding hydrogens is 202 g/mol. The Bertz CT molecular complexity index is 305. The van der Waals surface area contributed by atoms with E-state index in [0.717, 1.165) is 18.9 Å². The number of aromatic nitrogens is 2. The Balaban J connectivity index is 2.02. The molecule has 1 aliphatic rings. The van der Waals surface area contributed by atoms with Crippen molar-refractivity contribution >= 4 is 5.82 Å². The van der Waals surface area contributed by atoms with E-state index in [0.29, 0.717) is 5.69 Å². The molecule has 4 nitrogen and oxygen atoms in total. The third-order valence-electron chi connectivity index (χ3n) is 3.05. The van der Waals surface area contributed by atoms with Gasteiger partial charge in [0.05, 0.1) is 12.3 Å². The van der Waals surface area contributed by atoms with E-state index >= 15 is 0 Å². The van der Waals surface area contributed by atoms with E-state index in [2.05, 4.69) is 15.1 Å². The van der Waals surface area contributed by atoms with E-state index in [9.17, 15) is 0 Å². The maximum atomic E-state index is 8.90. The van der Waals surface area contributed by atoms with Gasteiger partial charge in [-0.05, 0) is 25.0 Å². The van der Waals surface area contributed by atoms with Crippen LogP contribution in [0.5, 0.6) is 0 Å². The maximum Gasteiger partial charge on any atom is 0.151 e. The highest BCUT2D eigenvalue weighted by Gasteiger charge is 2.10. The van der Waals surface area contributed by atoms with Crippen LogP contribution in [-0.2, 0) is 6.61 Å². The van der Waals surface area contributed by atoms with Crippen molar-refractivity contribution in [1.29, 1.82) is 0 Å². The highest BCUT2D eigenvalue weighted by molar-refractivity contribution is 5.37. The van der Waals surface area contributed by atoms with Crippen molar-refractivity contribution in [3.05, 3.63) is 17.8 Å². The summed E-state index contributed by atoms with van der Waals surface area (Å²) >= 11 is 0. The first-order valence-corrected chi connectivity index (χ1v) is 6.08. The zero-order valence-electron chi connectivity index (χ0n) is 9.60. The van der Waals surface area contributed by atoms with Crippen LogP contribution in [0.2, 0.25) is 0 Å². The molecule has 0 spiro atoms.